The monoisotopic (exact) mass is 285 g/mol. The molecule has 0 unspecified atom stereocenters. The first kappa shape index (κ1) is 14.2. The second kappa shape index (κ2) is 5.85. The van der Waals surface area contributed by atoms with Gasteiger partial charge in [-0.05, 0) is 57.0 Å². The van der Waals surface area contributed by atoms with E-state index in [0.717, 1.165) is 12.3 Å². The van der Waals surface area contributed by atoms with Crippen LogP contribution in [-0.4, -0.2) is 21.3 Å². The molecule has 2 atom stereocenters. The summed E-state index contributed by atoms with van der Waals surface area (Å²) in [5.74, 6) is 0.749. The van der Waals surface area contributed by atoms with E-state index in [2.05, 4.69) is 16.8 Å². The first-order valence-corrected chi connectivity index (χ1v) is 8.86. The third-order valence-electron chi connectivity index (χ3n) is 3.41. The predicted molar refractivity (Wildman–Crippen MR) is 80.8 cm³/mol. The Hall–Kier alpha value is -0.190. The zero-order valence-electron chi connectivity index (χ0n) is 11.5. The molecule has 1 aromatic rings. The Morgan fingerprint density at radius 2 is 2.28 bits per heavy atom. The molecule has 1 aromatic heterocycles. The third kappa shape index (κ3) is 3.43. The number of thiophene rings is 1. The van der Waals surface area contributed by atoms with Gasteiger partial charge in [0, 0.05) is 38.8 Å². The number of hydrogen-bond acceptors (Lipinski definition) is 3. The lowest BCUT2D eigenvalue weighted by Gasteiger charge is -2.24. The van der Waals surface area contributed by atoms with Gasteiger partial charge in [0.15, 0.2) is 0 Å². The van der Waals surface area contributed by atoms with Crippen LogP contribution in [0.4, 0.5) is 0 Å². The highest BCUT2D eigenvalue weighted by molar-refractivity contribution is 7.86. The van der Waals surface area contributed by atoms with Gasteiger partial charge in [0.1, 0.15) is 0 Å². The molecule has 0 aromatic carbocycles. The van der Waals surface area contributed by atoms with Gasteiger partial charge in [-0.3, -0.25) is 4.21 Å². The maximum Gasteiger partial charge on any atom is 0.0375 e. The topological polar surface area (TPSA) is 29.1 Å². The Morgan fingerprint density at radius 3 is 3.00 bits per heavy atom. The van der Waals surface area contributed by atoms with Crippen LogP contribution < -0.4 is 5.32 Å². The van der Waals surface area contributed by atoms with Gasteiger partial charge in [-0.2, -0.15) is 0 Å². The van der Waals surface area contributed by atoms with Crippen molar-refractivity contribution in [2.75, 3.05) is 12.3 Å². The van der Waals surface area contributed by atoms with E-state index in [1.165, 1.54) is 29.7 Å². The van der Waals surface area contributed by atoms with Crippen LogP contribution in [0.2, 0.25) is 0 Å². The summed E-state index contributed by atoms with van der Waals surface area (Å²) < 4.78 is 11.9. The highest BCUT2D eigenvalue weighted by Gasteiger charge is 2.22. The summed E-state index contributed by atoms with van der Waals surface area (Å²) >= 11 is 1.87. The highest BCUT2D eigenvalue weighted by atomic mass is 32.2. The summed E-state index contributed by atoms with van der Waals surface area (Å²) in [4.78, 5) is 1.54. The first-order valence-electron chi connectivity index (χ1n) is 6.66. The Balaban J connectivity index is 1.84. The van der Waals surface area contributed by atoms with Crippen LogP contribution in [0.5, 0.6) is 0 Å². The van der Waals surface area contributed by atoms with E-state index in [1.807, 2.05) is 32.1 Å². The summed E-state index contributed by atoms with van der Waals surface area (Å²) in [6.45, 7) is 6.98. The lowest BCUT2D eigenvalue weighted by molar-refractivity contribution is 0.476. The lowest BCUT2D eigenvalue weighted by Crippen LogP contribution is -2.32. The highest BCUT2D eigenvalue weighted by Crippen LogP contribution is 2.33. The van der Waals surface area contributed by atoms with Crippen LogP contribution in [0.3, 0.4) is 0 Å². The van der Waals surface area contributed by atoms with Crippen molar-refractivity contribution >= 4 is 22.1 Å². The van der Waals surface area contributed by atoms with Crippen molar-refractivity contribution in [1.29, 1.82) is 0 Å². The molecule has 4 heteroatoms. The number of hydrogen-bond donors (Lipinski definition) is 1. The molecule has 1 aliphatic carbocycles. The fourth-order valence-electron chi connectivity index (χ4n) is 2.33. The van der Waals surface area contributed by atoms with Gasteiger partial charge in [-0.25, -0.2) is 0 Å². The van der Waals surface area contributed by atoms with Gasteiger partial charge >= 0.3 is 0 Å². The van der Waals surface area contributed by atoms with Gasteiger partial charge in [0.25, 0.3) is 0 Å². The van der Waals surface area contributed by atoms with Crippen LogP contribution in [0.1, 0.15) is 50.1 Å². The Labute approximate surface area is 117 Å². The molecule has 1 heterocycles. The largest absolute Gasteiger partial charge is 0.309 e. The normalized spacial score (nSPS) is 21.6. The van der Waals surface area contributed by atoms with E-state index in [-0.39, 0.29) is 4.75 Å². The van der Waals surface area contributed by atoms with E-state index < -0.39 is 10.8 Å². The smallest absolute Gasteiger partial charge is 0.0375 e. The molecule has 2 rings (SSSR count). The Morgan fingerprint density at radius 1 is 1.50 bits per heavy atom. The summed E-state index contributed by atoms with van der Waals surface area (Å²) in [5.41, 5.74) is 1.48. The SMILES string of the molecule is CC(C)(C)[S@](=O)CCN[C@H]1CCCc2sccc21. The minimum absolute atomic E-state index is 0.0955. The molecule has 0 saturated heterocycles. The molecule has 18 heavy (non-hydrogen) atoms. The van der Waals surface area contributed by atoms with Gasteiger partial charge in [-0.1, -0.05) is 0 Å². The molecule has 1 N–H and O–H groups in total. The standard InChI is InChI=1S/C14H23NOS2/c1-14(2,3)18(16)10-8-15-12-5-4-6-13-11(12)7-9-17-13/h7,9,12,15H,4-6,8,10H2,1-3H3/t12-,18+/m0/s1. The lowest BCUT2D eigenvalue weighted by atomic mass is 9.94. The molecule has 0 aliphatic heterocycles. The molecular weight excluding hydrogens is 262 g/mol. The van der Waals surface area contributed by atoms with Crippen molar-refractivity contribution in [3.05, 3.63) is 21.9 Å². The number of nitrogens with one attached hydrogen (secondary N) is 1. The van der Waals surface area contributed by atoms with Crippen molar-refractivity contribution in [1.82, 2.24) is 5.32 Å². The van der Waals surface area contributed by atoms with Crippen LogP contribution in [0.15, 0.2) is 11.4 Å². The maximum atomic E-state index is 12.0. The van der Waals surface area contributed by atoms with E-state index in [4.69, 9.17) is 0 Å². The summed E-state index contributed by atoms with van der Waals surface area (Å²) in [5, 5.41) is 5.77. The number of rotatable bonds is 4. The molecular formula is C14H23NOS2. The summed E-state index contributed by atoms with van der Waals surface area (Å²) in [6, 6.07) is 2.73. The van der Waals surface area contributed by atoms with Gasteiger partial charge < -0.3 is 5.32 Å². The number of fused-ring (bicyclic) bond motifs is 1. The minimum atomic E-state index is -0.750. The molecule has 102 valence electrons. The molecule has 1 aliphatic rings. The maximum absolute atomic E-state index is 12.0. The van der Waals surface area contributed by atoms with E-state index >= 15 is 0 Å². The fourth-order valence-corrected chi connectivity index (χ4v) is 4.23. The van der Waals surface area contributed by atoms with Gasteiger partial charge in [0.2, 0.25) is 0 Å². The molecule has 2 nitrogen and oxygen atoms in total. The zero-order valence-corrected chi connectivity index (χ0v) is 13.1. The quantitative estimate of drug-likeness (QED) is 0.920. The summed E-state index contributed by atoms with van der Waals surface area (Å²) in [6.07, 6.45) is 3.72. The van der Waals surface area contributed by atoms with Crippen molar-refractivity contribution in [2.24, 2.45) is 0 Å². The van der Waals surface area contributed by atoms with Crippen LogP contribution in [0, 0.1) is 0 Å². The Bertz CT molecular complexity index is 420. The van der Waals surface area contributed by atoms with Crippen molar-refractivity contribution < 1.29 is 4.21 Å². The molecule has 0 amide bonds. The van der Waals surface area contributed by atoms with Gasteiger partial charge in [0.05, 0.1) is 0 Å². The second-order valence-corrected chi connectivity index (χ2v) is 9.18. The first-order chi connectivity index (χ1) is 8.48. The summed E-state index contributed by atoms with van der Waals surface area (Å²) in [7, 11) is -0.750. The molecule has 0 fully saturated rings. The van der Waals surface area contributed by atoms with Crippen molar-refractivity contribution in [3.63, 3.8) is 0 Å². The van der Waals surface area contributed by atoms with Crippen molar-refractivity contribution in [2.45, 2.75) is 50.8 Å². The fraction of sp³-hybridized carbons (Fsp3) is 0.714. The number of aryl methyl sites for hydroxylation is 1. The van der Waals surface area contributed by atoms with Gasteiger partial charge in [-0.15, -0.1) is 11.3 Å². The minimum Gasteiger partial charge on any atom is -0.309 e. The average molecular weight is 285 g/mol. The third-order valence-corrected chi connectivity index (χ3v) is 6.35. The average Bonchev–Trinajstić information content (AvgIpc) is 2.76. The van der Waals surface area contributed by atoms with E-state index in [1.54, 1.807) is 0 Å². The predicted octanol–water partition coefficient (Wildman–Crippen LogP) is 3.26. The Kier molecular flexibility index (Phi) is 4.62. The van der Waals surface area contributed by atoms with Crippen LogP contribution in [-0.2, 0) is 17.2 Å². The molecule has 0 bridgehead atoms. The van der Waals surface area contributed by atoms with Crippen LogP contribution >= 0.6 is 11.3 Å². The second-order valence-electron chi connectivity index (χ2n) is 5.86. The zero-order chi connectivity index (χ0) is 13.2. The molecule has 0 spiro atoms. The van der Waals surface area contributed by atoms with E-state index in [9.17, 15) is 4.21 Å². The van der Waals surface area contributed by atoms with E-state index in [0.29, 0.717) is 6.04 Å². The van der Waals surface area contributed by atoms with Crippen LogP contribution in [0.25, 0.3) is 0 Å². The molecule has 0 radical (unpaired) electrons. The van der Waals surface area contributed by atoms with Crippen molar-refractivity contribution in [3.8, 4) is 0 Å². The molecule has 0 saturated carbocycles.